The van der Waals surface area contributed by atoms with Gasteiger partial charge in [0.15, 0.2) is 11.5 Å². The first-order valence-electron chi connectivity index (χ1n) is 8.80. The highest BCUT2D eigenvalue weighted by Gasteiger charge is 2.19. The van der Waals surface area contributed by atoms with Crippen molar-refractivity contribution in [2.75, 3.05) is 18.1 Å². The van der Waals surface area contributed by atoms with Crippen LogP contribution >= 0.6 is 11.6 Å². The lowest BCUT2D eigenvalue weighted by molar-refractivity contribution is 0.0689. The number of ether oxygens (including phenoxy) is 1. The normalized spacial score (nSPS) is 13.9. The molecular weight excluding hydrogens is 354 g/mol. The van der Waals surface area contributed by atoms with Crippen molar-refractivity contribution < 1.29 is 14.6 Å². The summed E-state index contributed by atoms with van der Waals surface area (Å²) in [6, 6.07) is 8.76. The predicted octanol–water partition coefficient (Wildman–Crippen LogP) is 4.03. The van der Waals surface area contributed by atoms with Crippen LogP contribution in [0.1, 0.15) is 42.2 Å². The van der Waals surface area contributed by atoms with E-state index < -0.39 is 5.97 Å². The highest BCUT2D eigenvalue weighted by atomic mass is 35.5. The molecule has 138 valence electrons. The van der Waals surface area contributed by atoms with Gasteiger partial charge in [0.1, 0.15) is 5.75 Å². The first-order chi connectivity index (χ1) is 12.6. The first kappa shape index (κ1) is 18.5. The fraction of sp³-hybridized carbons (Fsp3) is 0.421. The van der Waals surface area contributed by atoms with Crippen molar-refractivity contribution in [2.45, 2.75) is 32.7 Å². The molecule has 1 aliphatic rings. The molecule has 0 unspecified atom stereocenters. The Balaban J connectivity index is 1.75. The molecule has 1 aromatic heterocycles. The summed E-state index contributed by atoms with van der Waals surface area (Å²) in [5.41, 5.74) is 0.903. The number of nitrogens with zero attached hydrogens (tertiary/aromatic N) is 3. The number of rotatable bonds is 8. The number of carbonyl (C=O) groups is 1. The lowest BCUT2D eigenvalue weighted by Gasteiger charge is -2.27. The van der Waals surface area contributed by atoms with E-state index in [4.69, 9.17) is 21.4 Å². The number of benzene rings is 1. The minimum Gasteiger partial charge on any atom is -0.493 e. The third kappa shape index (κ3) is 4.43. The number of aromatic nitrogens is 2. The topological polar surface area (TPSA) is 75.5 Å². The van der Waals surface area contributed by atoms with Gasteiger partial charge in [0.2, 0.25) is 0 Å². The quantitative estimate of drug-likeness (QED) is 0.750. The van der Waals surface area contributed by atoms with Gasteiger partial charge in [-0.1, -0.05) is 18.0 Å². The van der Waals surface area contributed by atoms with Crippen LogP contribution in [0.2, 0.25) is 5.02 Å². The molecule has 0 saturated heterocycles. The summed E-state index contributed by atoms with van der Waals surface area (Å²) in [7, 11) is 0. The average molecular weight is 376 g/mol. The van der Waals surface area contributed by atoms with Gasteiger partial charge < -0.3 is 14.7 Å². The summed E-state index contributed by atoms with van der Waals surface area (Å²) in [6.07, 6.45) is 3.75. The molecule has 0 atom stereocenters. The van der Waals surface area contributed by atoms with Gasteiger partial charge in [-0.15, -0.1) is 10.2 Å². The summed E-state index contributed by atoms with van der Waals surface area (Å²) in [5.74, 6) is 1.00. The van der Waals surface area contributed by atoms with E-state index in [-0.39, 0.29) is 5.69 Å². The van der Waals surface area contributed by atoms with Crippen LogP contribution in [0, 0.1) is 5.92 Å². The van der Waals surface area contributed by atoms with Crippen molar-refractivity contribution in [3.8, 4) is 5.75 Å². The Labute approximate surface area is 157 Å². The van der Waals surface area contributed by atoms with Crippen LogP contribution in [-0.4, -0.2) is 34.4 Å². The zero-order valence-electron chi connectivity index (χ0n) is 14.7. The van der Waals surface area contributed by atoms with E-state index in [1.165, 1.54) is 25.3 Å². The Kier molecular flexibility index (Phi) is 5.93. The molecule has 1 heterocycles. The zero-order valence-corrected chi connectivity index (χ0v) is 15.4. The molecule has 1 aromatic carbocycles. The van der Waals surface area contributed by atoms with E-state index >= 15 is 0 Å². The Morgan fingerprint density at radius 1 is 1.31 bits per heavy atom. The second kappa shape index (κ2) is 8.36. The molecule has 6 nitrogen and oxygen atoms in total. The van der Waals surface area contributed by atoms with Crippen molar-refractivity contribution in [1.29, 1.82) is 0 Å². The van der Waals surface area contributed by atoms with Gasteiger partial charge in [0.25, 0.3) is 0 Å². The second-order valence-electron chi connectivity index (χ2n) is 6.46. The van der Waals surface area contributed by atoms with Crippen LogP contribution in [0.5, 0.6) is 5.75 Å². The molecule has 26 heavy (non-hydrogen) atoms. The Hall–Kier alpha value is -2.34. The largest absolute Gasteiger partial charge is 0.493 e. The molecule has 0 bridgehead atoms. The SMILES string of the molecule is CCN(Cc1cc(Cl)ccc1OCC1CCC1)c1ccc(C(=O)O)nn1. The third-order valence-corrected chi connectivity index (χ3v) is 4.89. The number of carboxylic acid groups (broad SMARTS) is 1. The van der Waals surface area contributed by atoms with Gasteiger partial charge in [0.05, 0.1) is 6.61 Å². The molecule has 1 aliphatic carbocycles. The molecule has 0 radical (unpaired) electrons. The lowest BCUT2D eigenvalue weighted by Crippen LogP contribution is -2.25. The van der Waals surface area contributed by atoms with E-state index in [9.17, 15) is 4.79 Å². The maximum Gasteiger partial charge on any atom is 0.356 e. The van der Waals surface area contributed by atoms with Crippen LogP contribution in [0.25, 0.3) is 0 Å². The number of hydrogen-bond acceptors (Lipinski definition) is 5. The molecule has 0 aliphatic heterocycles. The molecular formula is C19H22ClN3O3. The van der Waals surface area contributed by atoms with E-state index in [1.807, 2.05) is 30.0 Å². The molecule has 0 amide bonds. The van der Waals surface area contributed by atoms with Gasteiger partial charge in [-0.05, 0) is 56.0 Å². The zero-order chi connectivity index (χ0) is 18.5. The Morgan fingerprint density at radius 2 is 2.12 bits per heavy atom. The summed E-state index contributed by atoms with van der Waals surface area (Å²) >= 11 is 6.18. The molecule has 2 aromatic rings. The third-order valence-electron chi connectivity index (χ3n) is 4.66. The maximum atomic E-state index is 10.9. The number of halogens is 1. The fourth-order valence-corrected chi connectivity index (χ4v) is 3.04. The Bertz CT molecular complexity index is 763. The van der Waals surface area contributed by atoms with Crippen molar-refractivity contribution >= 4 is 23.4 Å². The summed E-state index contributed by atoms with van der Waals surface area (Å²) in [5, 5.41) is 17.4. The number of aromatic carboxylic acids is 1. The molecule has 7 heteroatoms. The molecule has 1 saturated carbocycles. The molecule has 0 spiro atoms. The van der Waals surface area contributed by atoms with Crippen LogP contribution in [-0.2, 0) is 6.54 Å². The summed E-state index contributed by atoms with van der Waals surface area (Å²) in [4.78, 5) is 12.9. The average Bonchev–Trinajstić information content (AvgIpc) is 2.60. The van der Waals surface area contributed by atoms with Crippen molar-refractivity contribution in [2.24, 2.45) is 5.92 Å². The lowest BCUT2D eigenvalue weighted by atomic mass is 9.86. The molecule has 1 fully saturated rings. The van der Waals surface area contributed by atoms with Crippen molar-refractivity contribution in [1.82, 2.24) is 10.2 Å². The summed E-state index contributed by atoms with van der Waals surface area (Å²) < 4.78 is 6.03. The van der Waals surface area contributed by atoms with E-state index in [1.54, 1.807) is 6.07 Å². The smallest absolute Gasteiger partial charge is 0.356 e. The van der Waals surface area contributed by atoms with Crippen LogP contribution in [0.4, 0.5) is 5.82 Å². The van der Waals surface area contributed by atoms with Gasteiger partial charge in [0, 0.05) is 23.7 Å². The fourth-order valence-electron chi connectivity index (χ4n) is 2.85. The van der Waals surface area contributed by atoms with Crippen LogP contribution in [0.3, 0.4) is 0 Å². The van der Waals surface area contributed by atoms with E-state index in [0.29, 0.717) is 29.8 Å². The number of anilines is 1. The van der Waals surface area contributed by atoms with Gasteiger partial charge >= 0.3 is 5.97 Å². The summed E-state index contributed by atoms with van der Waals surface area (Å²) in [6.45, 7) is 3.98. The minimum absolute atomic E-state index is 0.0721. The highest BCUT2D eigenvalue weighted by Crippen LogP contribution is 2.30. The molecule has 1 N–H and O–H groups in total. The predicted molar refractivity (Wildman–Crippen MR) is 100 cm³/mol. The van der Waals surface area contributed by atoms with Crippen molar-refractivity contribution in [3.63, 3.8) is 0 Å². The van der Waals surface area contributed by atoms with E-state index in [2.05, 4.69) is 10.2 Å². The van der Waals surface area contributed by atoms with Crippen LogP contribution < -0.4 is 9.64 Å². The van der Waals surface area contributed by atoms with Gasteiger partial charge in [-0.2, -0.15) is 0 Å². The minimum atomic E-state index is -1.09. The van der Waals surface area contributed by atoms with Crippen molar-refractivity contribution in [3.05, 3.63) is 46.6 Å². The second-order valence-corrected chi connectivity index (χ2v) is 6.89. The van der Waals surface area contributed by atoms with Crippen LogP contribution in [0.15, 0.2) is 30.3 Å². The van der Waals surface area contributed by atoms with E-state index in [0.717, 1.165) is 17.9 Å². The standard InChI is InChI=1S/C19H22ClN3O3/c1-2-23(18-9-7-16(19(24)25)21-22-18)11-14-10-15(20)6-8-17(14)26-12-13-4-3-5-13/h6-10,13H,2-5,11-12H2,1H3,(H,24,25). The number of carboxylic acids is 1. The Morgan fingerprint density at radius 3 is 2.69 bits per heavy atom. The highest BCUT2D eigenvalue weighted by molar-refractivity contribution is 6.30. The van der Waals surface area contributed by atoms with Gasteiger partial charge in [-0.3, -0.25) is 0 Å². The monoisotopic (exact) mass is 375 g/mol. The van der Waals surface area contributed by atoms with Gasteiger partial charge in [-0.25, -0.2) is 4.79 Å². The maximum absolute atomic E-state index is 10.9. The first-order valence-corrected chi connectivity index (χ1v) is 9.17. The molecule has 3 rings (SSSR count). The number of hydrogen-bond donors (Lipinski definition) is 1.